The van der Waals surface area contributed by atoms with Crippen molar-refractivity contribution < 1.29 is 77.3 Å². The molecule has 7 saturated carbocycles. The normalized spacial score (nSPS) is 40.2. The molecule has 0 spiro atoms. The van der Waals surface area contributed by atoms with Crippen molar-refractivity contribution >= 4 is 61.6 Å². The minimum absolute atomic E-state index is 0. The number of hydrogen-bond acceptors (Lipinski definition) is 12. The molecule has 0 aromatic heterocycles. The maximum Gasteiger partial charge on any atom is 0.486 e. The SMILES string of the molecule is Cc1c(C)c(C)[c-](C)c1C.O[Si]1(C2CCCCC2)O[Si]2(C3CCCCC3)O[Si](O)(C3CCCCC3)O[Si]3(C4CCCCC4)O[Si](O)(C4CCCCC4)O[Si](C4CCCCC4)(O1)O[Si](C1CCCCC1)(O2)O3.[Hf]. The summed E-state index contributed by atoms with van der Waals surface area (Å²) in [6.45, 7) is 11.0. The van der Waals surface area contributed by atoms with Crippen LogP contribution < -0.4 is 0 Å². The van der Waals surface area contributed by atoms with E-state index in [1.54, 1.807) is 0 Å². The third kappa shape index (κ3) is 11.7. The quantitative estimate of drug-likeness (QED) is 0.177. The summed E-state index contributed by atoms with van der Waals surface area (Å²) >= 11 is 0. The maximum atomic E-state index is 14.0. The van der Waals surface area contributed by atoms with Crippen LogP contribution in [-0.4, -0.2) is 76.0 Å². The molecule has 10 fully saturated rings. The second-order valence-electron chi connectivity index (χ2n) is 24.7. The van der Waals surface area contributed by atoms with Crippen molar-refractivity contribution in [2.24, 2.45) is 0 Å². The molecule has 408 valence electrons. The van der Waals surface area contributed by atoms with Crippen LogP contribution in [0.25, 0.3) is 0 Å². The van der Waals surface area contributed by atoms with E-state index < -0.39 is 61.6 Å². The Kier molecular flexibility index (Phi) is 19.4. The molecule has 1 aromatic rings. The summed E-state index contributed by atoms with van der Waals surface area (Å²) in [6.07, 6.45) is 33.4. The molecule has 11 rings (SSSR count). The van der Waals surface area contributed by atoms with Crippen molar-refractivity contribution in [3.63, 3.8) is 0 Å². The van der Waals surface area contributed by atoms with E-state index in [1.807, 2.05) is 0 Å². The molecular weight excluding hydrogens is 1190 g/mol. The number of rotatable bonds is 7. The summed E-state index contributed by atoms with van der Waals surface area (Å²) < 4.78 is 71.9. The predicted molar refractivity (Wildman–Crippen MR) is 290 cm³/mol. The van der Waals surface area contributed by atoms with E-state index >= 15 is 0 Å². The average molecular weight is 1290 g/mol. The van der Waals surface area contributed by atoms with Crippen LogP contribution in [-0.2, 0) is 62.9 Å². The molecular formula is C52H95HfO12Si7-. The van der Waals surface area contributed by atoms with Gasteiger partial charge in [0.25, 0.3) is 0 Å². The van der Waals surface area contributed by atoms with Gasteiger partial charge in [-0.25, -0.2) is 0 Å². The number of hydrogen-bond donors (Lipinski definition) is 3. The third-order valence-electron chi connectivity index (χ3n) is 20.2. The fourth-order valence-corrected chi connectivity index (χ4v) is 57.8. The third-order valence-corrected chi connectivity index (χ3v) is 52.0. The van der Waals surface area contributed by atoms with Gasteiger partial charge < -0.3 is 51.4 Å². The summed E-state index contributed by atoms with van der Waals surface area (Å²) in [6, 6.07) is 0. The summed E-state index contributed by atoms with van der Waals surface area (Å²) in [5, 5.41) is 0. The zero-order valence-corrected chi connectivity index (χ0v) is 55.9. The second kappa shape index (κ2) is 24.2. The van der Waals surface area contributed by atoms with Gasteiger partial charge in [-0.15, -0.1) is 0 Å². The standard InChI is InChI=1S/C42H80O12Si7.C10H15.Hf/c43-55(36-22-8-1-9-23-36)46-58(39-28-14-4-15-29-39)48-56(44,37-24-10-2-11-25-37)50-60(41-32-18-6-19-33-41)51-57(45,38-26-12-3-13-27-38)49-59(47-55,40-30-16-5-17-31-40)53-61(52-58,54-60)42-34-20-7-21-35-42;1-6-7(2)9(4)10(5)8(6)3;/h36-45H,1-35H2;1-5H3;/q;-1;. The van der Waals surface area contributed by atoms with Gasteiger partial charge in [-0.05, 0) is 89.9 Å². The van der Waals surface area contributed by atoms with Gasteiger partial charge in [0.2, 0.25) is 0 Å². The van der Waals surface area contributed by atoms with Crippen LogP contribution in [0.4, 0.5) is 0 Å². The zero-order chi connectivity index (χ0) is 49.5. The molecule has 10 aliphatic rings. The molecule has 12 nitrogen and oxygen atoms in total. The summed E-state index contributed by atoms with van der Waals surface area (Å²) in [5.41, 5.74) is 6.09. The van der Waals surface area contributed by atoms with E-state index in [2.05, 4.69) is 34.6 Å². The van der Waals surface area contributed by atoms with Gasteiger partial charge in [0, 0.05) is 64.6 Å². The van der Waals surface area contributed by atoms with Crippen LogP contribution in [0.5, 0.6) is 0 Å². The molecule has 3 saturated heterocycles. The van der Waals surface area contributed by atoms with Crippen molar-refractivity contribution in [2.75, 3.05) is 0 Å². The Morgan fingerprint density at radius 2 is 0.458 bits per heavy atom. The minimum Gasteiger partial charge on any atom is -0.390 e. The zero-order valence-electron chi connectivity index (χ0n) is 45.3. The molecule has 3 heterocycles. The first kappa shape index (κ1) is 57.9. The first-order valence-corrected chi connectivity index (χ1v) is 42.6. The minimum atomic E-state index is -4.38. The predicted octanol–water partition coefficient (Wildman–Crippen LogP) is 14.0. The molecule has 4 bridgehead atoms. The van der Waals surface area contributed by atoms with Gasteiger partial charge >= 0.3 is 61.6 Å². The fraction of sp³-hybridized carbons (Fsp3) is 0.904. The van der Waals surface area contributed by atoms with E-state index in [0.717, 1.165) is 225 Å². The first-order valence-electron chi connectivity index (χ1n) is 29.8. The maximum absolute atomic E-state index is 14.0. The molecule has 0 atom stereocenters. The van der Waals surface area contributed by atoms with E-state index in [0.29, 0.717) is 0 Å². The fourth-order valence-electron chi connectivity index (χ4n) is 15.3. The van der Waals surface area contributed by atoms with Gasteiger partial charge in [0.05, 0.1) is 0 Å². The molecule has 0 amide bonds. The molecule has 7 aliphatic carbocycles. The molecule has 1 aromatic carbocycles. The smallest absolute Gasteiger partial charge is 0.390 e. The van der Waals surface area contributed by atoms with Crippen LogP contribution >= 0.6 is 0 Å². The Bertz CT molecular complexity index is 1670. The van der Waals surface area contributed by atoms with Gasteiger partial charge in [-0.1, -0.05) is 169 Å². The van der Waals surface area contributed by atoms with E-state index in [9.17, 15) is 14.4 Å². The Morgan fingerprint density at radius 3 is 0.625 bits per heavy atom. The summed E-state index contributed by atoms with van der Waals surface area (Å²) in [7, 11) is -29.9. The summed E-state index contributed by atoms with van der Waals surface area (Å²) in [5.74, 6) is 0. The van der Waals surface area contributed by atoms with Crippen LogP contribution in [0.2, 0.25) is 38.8 Å². The Balaban J connectivity index is 0.000000522. The molecule has 3 aliphatic heterocycles. The van der Waals surface area contributed by atoms with Crippen LogP contribution in [0.15, 0.2) is 0 Å². The molecule has 0 radical (unpaired) electrons. The molecule has 0 unspecified atom stereocenters. The van der Waals surface area contributed by atoms with Crippen LogP contribution in [0, 0.1) is 34.6 Å². The Hall–Kier alpha value is 1.26. The van der Waals surface area contributed by atoms with E-state index in [4.69, 9.17) is 37.0 Å². The topological polar surface area (TPSA) is 144 Å². The number of fused-ring (bicyclic) bond motifs is 3. The summed E-state index contributed by atoms with van der Waals surface area (Å²) in [4.78, 5) is 42.0. The van der Waals surface area contributed by atoms with Crippen molar-refractivity contribution in [3.8, 4) is 0 Å². The van der Waals surface area contributed by atoms with Gasteiger partial charge in [0.1, 0.15) is 0 Å². The van der Waals surface area contributed by atoms with Crippen molar-refractivity contribution in [2.45, 2.75) is 298 Å². The monoisotopic (exact) mass is 1290 g/mol. The Labute approximate surface area is 461 Å². The average Bonchev–Trinajstić information content (AvgIpc) is 3.56. The van der Waals surface area contributed by atoms with Crippen LogP contribution in [0.1, 0.15) is 253 Å². The Morgan fingerprint density at radius 1 is 0.292 bits per heavy atom. The van der Waals surface area contributed by atoms with Gasteiger partial charge in [-0.3, -0.25) is 0 Å². The van der Waals surface area contributed by atoms with Crippen molar-refractivity contribution in [1.29, 1.82) is 0 Å². The van der Waals surface area contributed by atoms with Gasteiger partial charge in [0.15, 0.2) is 0 Å². The van der Waals surface area contributed by atoms with Gasteiger partial charge in [-0.2, -0.15) is 27.8 Å². The first-order chi connectivity index (χ1) is 34.2. The van der Waals surface area contributed by atoms with Crippen LogP contribution in [0.3, 0.4) is 0 Å². The van der Waals surface area contributed by atoms with Crippen molar-refractivity contribution in [1.82, 2.24) is 0 Å². The molecule has 20 heteroatoms. The molecule has 72 heavy (non-hydrogen) atoms. The van der Waals surface area contributed by atoms with E-state index in [-0.39, 0.29) is 64.6 Å². The van der Waals surface area contributed by atoms with Crippen molar-refractivity contribution in [3.05, 3.63) is 27.8 Å². The van der Waals surface area contributed by atoms with E-state index in [1.165, 1.54) is 27.8 Å². The largest absolute Gasteiger partial charge is 0.486 e. The second-order valence-corrected chi connectivity index (χ2v) is 46.4. The molecule has 3 N–H and O–H groups in total.